The molecule has 2 amide bonds. The zero-order valence-electron chi connectivity index (χ0n) is 15.5. The lowest BCUT2D eigenvalue weighted by Crippen LogP contribution is -2.50. The van der Waals surface area contributed by atoms with Crippen molar-refractivity contribution < 1.29 is 14.3 Å². The summed E-state index contributed by atoms with van der Waals surface area (Å²) in [6.45, 7) is 3.76. The highest BCUT2D eigenvalue weighted by Gasteiger charge is 2.25. The van der Waals surface area contributed by atoms with Crippen molar-refractivity contribution in [1.29, 1.82) is 0 Å². The average Bonchev–Trinajstić information content (AvgIpc) is 2.73. The lowest BCUT2D eigenvalue weighted by molar-refractivity contribution is 0.0570. The van der Waals surface area contributed by atoms with Gasteiger partial charge in [-0.05, 0) is 31.2 Å². The Bertz CT molecular complexity index is 1120. The number of carbonyl (C=O) groups excluding carboxylic acids is 2. The maximum Gasteiger partial charge on any atom is 0.409 e. The first kappa shape index (κ1) is 18.0. The van der Waals surface area contributed by atoms with Crippen LogP contribution in [-0.4, -0.2) is 64.0 Å². The molecule has 28 heavy (non-hydrogen) atoms. The van der Waals surface area contributed by atoms with Crippen LogP contribution in [0.25, 0.3) is 16.6 Å². The summed E-state index contributed by atoms with van der Waals surface area (Å²) in [5, 5.41) is 0.507. The Hall–Kier alpha value is -3.42. The number of benzene rings is 1. The maximum absolute atomic E-state index is 12.9. The molecule has 1 fully saturated rings. The van der Waals surface area contributed by atoms with Crippen LogP contribution in [0.4, 0.5) is 4.79 Å². The molecule has 144 valence electrons. The van der Waals surface area contributed by atoms with E-state index in [9.17, 15) is 14.4 Å². The number of aromatic nitrogens is 2. The van der Waals surface area contributed by atoms with E-state index < -0.39 is 0 Å². The highest BCUT2D eigenvalue weighted by atomic mass is 16.6. The molecular formula is C20H20N4O4. The van der Waals surface area contributed by atoms with Gasteiger partial charge in [-0.3, -0.25) is 14.0 Å². The number of amides is 2. The molecule has 0 spiro atoms. The fourth-order valence-electron chi connectivity index (χ4n) is 3.37. The molecule has 8 nitrogen and oxygen atoms in total. The van der Waals surface area contributed by atoms with Crippen molar-refractivity contribution in [3.05, 3.63) is 58.5 Å². The van der Waals surface area contributed by atoms with E-state index in [0.29, 0.717) is 54.9 Å². The first-order valence-corrected chi connectivity index (χ1v) is 9.20. The van der Waals surface area contributed by atoms with E-state index in [1.54, 1.807) is 47.1 Å². The van der Waals surface area contributed by atoms with E-state index in [1.165, 1.54) is 10.6 Å². The van der Waals surface area contributed by atoms with E-state index in [0.717, 1.165) is 0 Å². The van der Waals surface area contributed by atoms with Crippen molar-refractivity contribution in [3.8, 4) is 0 Å². The van der Waals surface area contributed by atoms with Crippen LogP contribution in [0.2, 0.25) is 0 Å². The van der Waals surface area contributed by atoms with E-state index in [2.05, 4.69) is 4.98 Å². The topological polar surface area (TPSA) is 84.2 Å². The molecule has 1 aliphatic rings. The SMILES string of the molecule is CCOC(=O)N1CCN(C(=O)c2ccc3nc4ccccc4c(=O)n3c2)CC1. The van der Waals surface area contributed by atoms with E-state index >= 15 is 0 Å². The van der Waals surface area contributed by atoms with Crippen LogP contribution >= 0.6 is 0 Å². The number of ether oxygens (including phenoxy) is 1. The van der Waals surface area contributed by atoms with Crippen molar-refractivity contribution in [3.63, 3.8) is 0 Å². The van der Waals surface area contributed by atoms with E-state index in [-0.39, 0.29) is 17.6 Å². The number of carbonyl (C=O) groups is 2. The van der Waals surface area contributed by atoms with Gasteiger partial charge in [0.15, 0.2) is 0 Å². The van der Waals surface area contributed by atoms with Gasteiger partial charge < -0.3 is 14.5 Å². The highest BCUT2D eigenvalue weighted by Crippen LogP contribution is 2.13. The van der Waals surface area contributed by atoms with Gasteiger partial charge in [0.1, 0.15) is 5.65 Å². The number of pyridine rings is 1. The van der Waals surface area contributed by atoms with Crippen LogP contribution < -0.4 is 5.56 Å². The molecule has 0 bridgehead atoms. The highest BCUT2D eigenvalue weighted by molar-refractivity contribution is 5.94. The Labute approximate surface area is 160 Å². The van der Waals surface area contributed by atoms with Gasteiger partial charge in [0.2, 0.25) is 0 Å². The Balaban J connectivity index is 1.58. The molecule has 8 heteroatoms. The van der Waals surface area contributed by atoms with Crippen molar-refractivity contribution in [1.82, 2.24) is 19.2 Å². The maximum atomic E-state index is 12.9. The number of hydrogen-bond acceptors (Lipinski definition) is 5. The third-order valence-electron chi connectivity index (χ3n) is 4.86. The molecule has 0 atom stereocenters. The normalized spacial score (nSPS) is 14.5. The Morgan fingerprint density at radius 3 is 2.50 bits per heavy atom. The van der Waals surface area contributed by atoms with Gasteiger partial charge in [0, 0.05) is 32.4 Å². The molecule has 1 aromatic carbocycles. The summed E-state index contributed by atoms with van der Waals surface area (Å²) < 4.78 is 6.40. The van der Waals surface area contributed by atoms with Gasteiger partial charge in [-0.25, -0.2) is 9.78 Å². The predicted octanol–water partition coefficient (Wildman–Crippen LogP) is 1.76. The van der Waals surface area contributed by atoms with Crippen molar-refractivity contribution in [2.45, 2.75) is 6.92 Å². The second-order valence-corrected chi connectivity index (χ2v) is 6.56. The molecule has 3 aromatic rings. The Morgan fingerprint density at radius 2 is 1.75 bits per heavy atom. The number of nitrogens with zero attached hydrogens (tertiary/aromatic N) is 4. The summed E-state index contributed by atoms with van der Waals surface area (Å²) in [5.41, 5.74) is 1.33. The molecule has 0 aliphatic carbocycles. The van der Waals surface area contributed by atoms with Gasteiger partial charge in [0.25, 0.3) is 11.5 Å². The van der Waals surface area contributed by atoms with Crippen molar-refractivity contribution >= 4 is 28.6 Å². The van der Waals surface area contributed by atoms with Gasteiger partial charge in [-0.15, -0.1) is 0 Å². The summed E-state index contributed by atoms with van der Waals surface area (Å²) in [7, 11) is 0. The smallest absolute Gasteiger partial charge is 0.409 e. The zero-order chi connectivity index (χ0) is 19.7. The van der Waals surface area contributed by atoms with Gasteiger partial charge in [-0.2, -0.15) is 0 Å². The second kappa shape index (κ2) is 7.30. The average molecular weight is 380 g/mol. The first-order chi connectivity index (χ1) is 13.6. The number of para-hydroxylation sites is 1. The van der Waals surface area contributed by atoms with Crippen LogP contribution in [0.5, 0.6) is 0 Å². The molecule has 0 unspecified atom stereocenters. The standard InChI is InChI=1S/C20H20N4O4/c1-2-28-20(27)23-11-9-22(10-12-23)18(25)14-7-8-17-21-16-6-4-3-5-15(16)19(26)24(17)13-14/h3-8,13H,2,9-12H2,1H3. The molecule has 4 rings (SSSR count). The molecule has 1 saturated heterocycles. The summed E-state index contributed by atoms with van der Waals surface area (Å²) >= 11 is 0. The van der Waals surface area contributed by atoms with E-state index in [4.69, 9.17) is 4.74 Å². The molecule has 2 aromatic heterocycles. The van der Waals surface area contributed by atoms with Crippen molar-refractivity contribution in [2.75, 3.05) is 32.8 Å². The summed E-state index contributed by atoms with van der Waals surface area (Å²) in [6, 6.07) is 10.5. The van der Waals surface area contributed by atoms with Crippen LogP contribution in [0, 0.1) is 0 Å². The number of hydrogen-bond donors (Lipinski definition) is 0. The third kappa shape index (κ3) is 3.17. The van der Waals surface area contributed by atoms with Crippen LogP contribution in [0.15, 0.2) is 47.4 Å². The van der Waals surface area contributed by atoms with Gasteiger partial charge >= 0.3 is 6.09 Å². The molecule has 0 N–H and O–H groups in total. The zero-order valence-corrected chi connectivity index (χ0v) is 15.5. The van der Waals surface area contributed by atoms with Gasteiger partial charge in [0.05, 0.1) is 23.1 Å². The molecule has 1 aliphatic heterocycles. The molecule has 0 saturated carbocycles. The fourth-order valence-corrected chi connectivity index (χ4v) is 3.37. The minimum atomic E-state index is -0.357. The first-order valence-electron chi connectivity index (χ1n) is 9.20. The number of piperazine rings is 1. The predicted molar refractivity (Wildman–Crippen MR) is 103 cm³/mol. The van der Waals surface area contributed by atoms with Crippen LogP contribution in [0.1, 0.15) is 17.3 Å². The Kier molecular flexibility index (Phi) is 4.68. The summed E-state index contributed by atoms with van der Waals surface area (Å²) in [5.74, 6) is -0.175. The lowest BCUT2D eigenvalue weighted by Gasteiger charge is -2.34. The van der Waals surface area contributed by atoms with Gasteiger partial charge in [-0.1, -0.05) is 12.1 Å². The lowest BCUT2D eigenvalue weighted by atomic mass is 10.2. The summed E-state index contributed by atoms with van der Waals surface area (Å²) in [6.07, 6.45) is 1.18. The second-order valence-electron chi connectivity index (χ2n) is 6.56. The molecular weight excluding hydrogens is 360 g/mol. The van der Waals surface area contributed by atoms with Crippen molar-refractivity contribution in [2.24, 2.45) is 0 Å². The third-order valence-corrected chi connectivity index (χ3v) is 4.86. The number of rotatable bonds is 2. The van der Waals surface area contributed by atoms with Crippen LogP contribution in [-0.2, 0) is 4.74 Å². The molecule has 0 radical (unpaired) electrons. The fraction of sp³-hybridized carbons (Fsp3) is 0.300. The minimum Gasteiger partial charge on any atom is -0.450 e. The number of fused-ring (bicyclic) bond motifs is 2. The Morgan fingerprint density at radius 1 is 1.04 bits per heavy atom. The van der Waals surface area contributed by atoms with E-state index in [1.807, 2.05) is 6.07 Å². The summed E-state index contributed by atoms with van der Waals surface area (Å²) in [4.78, 5) is 45.2. The largest absolute Gasteiger partial charge is 0.450 e. The molecule has 3 heterocycles. The monoisotopic (exact) mass is 380 g/mol. The van der Waals surface area contributed by atoms with Crippen LogP contribution in [0.3, 0.4) is 0 Å². The quantitative estimate of drug-likeness (QED) is 0.633. The minimum absolute atomic E-state index is 0.175.